The Morgan fingerprint density at radius 1 is 1.48 bits per heavy atom. The lowest BCUT2D eigenvalue weighted by atomic mass is 10.4. The number of nitrogens with one attached hydrogen (secondary N) is 2. The van der Waals surface area contributed by atoms with Crippen LogP contribution in [-0.4, -0.2) is 34.3 Å². The minimum Gasteiger partial charge on any atom is -0.355 e. The number of nitrogens with zero attached hydrogens (tertiary/aromatic N) is 4. The molecule has 0 fully saturated rings. The highest BCUT2D eigenvalue weighted by molar-refractivity contribution is 9.10. The average Bonchev–Trinajstić information content (AvgIpc) is 3.11. The van der Waals surface area contributed by atoms with Gasteiger partial charge in [-0.05, 0) is 22.0 Å². The van der Waals surface area contributed by atoms with Crippen LogP contribution in [0.25, 0.3) is 0 Å². The van der Waals surface area contributed by atoms with Crippen LogP contribution in [0.1, 0.15) is 17.6 Å². The fourth-order valence-electron chi connectivity index (χ4n) is 1.87. The van der Waals surface area contributed by atoms with E-state index < -0.39 is 0 Å². The first kappa shape index (κ1) is 16.0. The molecule has 2 aromatic heterocycles. The summed E-state index contributed by atoms with van der Waals surface area (Å²) in [6.45, 7) is 4.44. The molecule has 0 atom stereocenters. The van der Waals surface area contributed by atoms with E-state index in [0.29, 0.717) is 0 Å². The quantitative estimate of drug-likeness (QED) is 0.602. The largest absolute Gasteiger partial charge is 0.355 e. The molecule has 0 aliphatic heterocycles. The van der Waals surface area contributed by atoms with Crippen LogP contribution in [0.2, 0.25) is 0 Å². The van der Waals surface area contributed by atoms with Gasteiger partial charge < -0.3 is 15.2 Å². The monoisotopic (exact) mass is 370 g/mol. The molecule has 0 aliphatic carbocycles. The summed E-state index contributed by atoms with van der Waals surface area (Å²) in [4.78, 5) is 5.48. The number of halogens is 1. The van der Waals surface area contributed by atoms with Crippen molar-refractivity contribution < 1.29 is 0 Å². The molecule has 0 spiro atoms. The first-order valence-corrected chi connectivity index (χ1v) is 8.44. The molecular weight excluding hydrogens is 352 g/mol. The van der Waals surface area contributed by atoms with Gasteiger partial charge in [0.1, 0.15) is 12.2 Å². The predicted octanol–water partition coefficient (Wildman–Crippen LogP) is 2.03. The number of guanidine groups is 1. The van der Waals surface area contributed by atoms with Gasteiger partial charge in [-0.25, -0.2) is 0 Å². The number of rotatable bonds is 6. The molecule has 0 unspecified atom stereocenters. The Morgan fingerprint density at radius 3 is 3.00 bits per heavy atom. The van der Waals surface area contributed by atoms with E-state index in [9.17, 15) is 0 Å². The minimum absolute atomic E-state index is 0.767. The first-order chi connectivity index (χ1) is 10.2. The maximum atomic E-state index is 4.22. The lowest BCUT2D eigenvalue weighted by Gasteiger charge is -2.12. The SMILES string of the molecule is CCc1nncn1CCNC(=NC)NCc1cc(Br)cs1. The van der Waals surface area contributed by atoms with Crippen molar-refractivity contribution >= 4 is 33.2 Å². The second-order valence-corrected chi connectivity index (χ2v) is 6.29. The van der Waals surface area contributed by atoms with E-state index in [2.05, 4.69) is 64.7 Å². The molecule has 0 saturated carbocycles. The zero-order chi connectivity index (χ0) is 15.1. The maximum Gasteiger partial charge on any atom is 0.191 e. The predicted molar refractivity (Wildman–Crippen MR) is 89.6 cm³/mol. The highest BCUT2D eigenvalue weighted by Crippen LogP contribution is 2.19. The topological polar surface area (TPSA) is 67.1 Å². The highest BCUT2D eigenvalue weighted by Gasteiger charge is 2.03. The molecule has 0 radical (unpaired) electrons. The summed E-state index contributed by atoms with van der Waals surface area (Å²) in [5, 5.41) is 16.7. The van der Waals surface area contributed by atoms with Crippen LogP contribution in [0.3, 0.4) is 0 Å². The first-order valence-electron chi connectivity index (χ1n) is 6.77. The number of hydrogen-bond acceptors (Lipinski definition) is 4. The van der Waals surface area contributed by atoms with Crippen molar-refractivity contribution in [3.05, 3.63) is 32.9 Å². The molecule has 6 nitrogen and oxygen atoms in total. The minimum atomic E-state index is 0.767. The molecule has 0 bridgehead atoms. The van der Waals surface area contributed by atoms with E-state index in [4.69, 9.17) is 0 Å². The summed E-state index contributed by atoms with van der Waals surface area (Å²) in [5.41, 5.74) is 0. The van der Waals surface area contributed by atoms with Gasteiger partial charge >= 0.3 is 0 Å². The zero-order valence-corrected chi connectivity index (χ0v) is 14.5. The van der Waals surface area contributed by atoms with Crippen molar-refractivity contribution in [3.63, 3.8) is 0 Å². The Kier molecular flexibility index (Phi) is 6.19. The Morgan fingerprint density at radius 2 is 2.33 bits per heavy atom. The van der Waals surface area contributed by atoms with Gasteiger partial charge in [0.25, 0.3) is 0 Å². The van der Waals surface area contributed by atoms with E-state index in [0.717, 1.165) is 42.3 Å². The van der Waals surface area contributed by atoms with Crippen LogP contribution in [0.15, 0.2) is 27.2 Å². The van der Waals surface area contributed by atoms with Crippen LogP contribution in [0, 0.1) is 0 Å². The summed E-state index contributed by atoms with van der Waals surface area (Å²) in [6.07, 6.45) is 2.65. The summed E-state index contributed by atoms with van der Waals surface area (Å²) in [6, 6.07) is 2.11. The van der Waals surface area contributed by atoms with E-state index in [1.807, 2.05) is 0 Å². The fraction of sp³-hybridized carbons (Fsp3) is 0.462. The number of hydrogen-bond donors (Lipinski definition) is 2. The third-order valence-corrected chi connectivity index (χ3v) is 4.63. The Bertz CT molecular complexity index is 591. The molecule has 114 valence electrons. The molecule has 0 amide bonds. The van der Waals surface area contributed by atoms with E-state index in [1.54, 1.807) is 24.7 Å². The molecule has 0 saturated heterocycles. The second-order valence-electron chi connectivity index (χ2n) is 4.38. The van der Waals surface area contributed by atoms with E-state index in [-0.39, 0.29) is 0 Å². The highest BCUT2D eigenvalue weighted by atomic mass is 79.9. The average molecular weight is 371 g/mol. The van der Waals surface area contributed by atoms with Gasteiger partial charge in [-0.2, -0.15) is 0 Å². The second kappa shape index (κ2) is 8.14. The molecule has 2 heterocycles. The number of aliphatic imine (C=N–C) groups is 1. The van der Waals surface area contributed by atoms with Gasteiger partial charge in [-0.3, -0.25) is 4.99 Å². The zero-order valence-electron chi connectivity index (χ0n) is 12.1. The molecule has 2 aromatic rings. The molecule has 0 aromatic carbocycles. The van der Waals surface area contributed by atoms with Gasteiger partial charge in [-0.1, -0.05) is 6.92 Å². The van der Waals surface area contributed by atoms with Crippen molar-refractivity contribution in [2.75, 3.05) is 13.6 Å². The number of aryl methyl sites for hydroxylation is 1. The Balaban J connectivity index is 1.75. The molecule has 21 heavy (non-hydrogen) atoms. The Labute approximate surface area is 136 Å². The molecular formula is C13H19BrN6S. The van der Waals surface area contributed by atoms with Gasteiger partial charge in [0.2, 0.25) is 0 Å². The number of thiophene rings is 1. The van der Waals surface area contributed by atoms with Gasteiger partial charge in [0.05, 0.1) is 6.54 Å². The van der Waals surface area contributed by atoms with E-state index >= 15 is 0 Å². The van der Waals surface area contributed by atoms with Crippen molar-refractivity contribution in [1.29, 1.82) is 0 Å². The van der Waals surface area contributed by atoms with Crippen LogP contribution < -0.4 is 10.6 Å². The van der Waals surface area contributed by atoms with E-state index in [1.165, 1.54) is 4.88 Å². The number of aromatic nitrogens is 3. The van der Waals surface area contributed by atoms with Crippen molar-refractivity contribution in [2.24, 2.45) is 4.99 Å². The Hall–Kier alpha value is -1.41. The lowest BCUT2D eigenvalue weighted by Crippen LogP contribution is -2.38. The molecule has 8 heteroatoms. The van der Waals surface area contributed by atoms with Crippen LogP contribution in [-0.2, 0) is 19.5 Å². The van der Waals surface area contributed by atoms with Crippen LogP contribution >= 0.6 is 27.3 Å². The molecule has 0 aliphatic rings. The van der Waals surface area contributed by atoms with Crippen molar-refractivity contribution in [2.45, 2.75) is 26.4 Å². The van der Waals surface area contributed by atoms with Gasteiger partial charge in [0.15, 0.2) is 5.96 Å². The molecule has 2 N–H and O–H groups in total. The van der Waals surface area contributed by atoms with Crippen molar-refractivity contribution in [3.8, 4) is 0 Å². The maximum absolute atomic E-state index is 4.22. The fourth-order valence-corrected chi connectivity index (χ4v) is 3.26. The van der Waals surface area contributed by atoms with Crippen LogP contribution in [0.5, 0.6) is 0 Å². The van der Waals surface area contributed by atoms with Gasteiger partial charge in [-0.15, -0.1) is 21.5 Å². The summed E-state index contributed by atoms with van der Waals surface area (Å²) in [5.74, 6) is 1.80. The molecule has 2 rings (SSSR count). The summed E-state index contributed by atoms with van der Waals surface area (Å²) in [7, 11) is 1.77. The van der Waals surface area contributed by atoms with Crippen molar-refractivity contribution in [1.82, 2.24) is 25.4 Å². The van der Waals surface area contributed by atoms with Gasteiger partial charge in [0, 0.05) is 41.3 Å². The summed E-state index contributed by atoms with van der Waals surface area (Å²) < 4.78 is 3.17. The van der Waals surface area contributed by atoms with Crippen LogP contribution in [0.4, 0.5) is 0 Å². The normalized spacial score (nSPS) is 11.7. The third kappa shape index (κ3) is 4.82. The third-order valence-electron chi connectivity index (χ3n) is 2.93. The lowest BCUT2D eigenvalue weighted by molar-refractivity contribution is 0.633. The standard InChI is InChI=1S/C13H19BrN6S/c1-3-12-19-18-9-20(12)5-4-16-13(15-2)17-7-11-6-10(14)8-21-11/h6,8-9H,3-5,7H2,1-2H3,(H2,15,16,17). The smallest absolute Gasteiger partial charge is 0.191 e. The summed E-state index contributed by atoms with van der Waals surface area (Å²) >= 11 is 5.17.